The lowest BCUT2D eigenvalue weighted by Gasteiger charge is -1.99. The first-order valence-electron chi connectivity index (χ1n) is 2.74. The maximum Gasteiger partial charge on any atom is 0.100 e. The number of benzene rings is 1. The van der Waals surface area contributed by atoms with E-state index in [0.29, 0.717) is 20.5 Å². The molecular formula is C7H3Cl2NS. The molecule has 4 heteroatoms. The molecule has 0 amide bonds. The topological polar surface area (TPSA) is 23.8 Å². The van der Waals surface area contributed by atoms with E-state index >= 15 is 0 Å². The van der Waals surface area contributed by atoms with Crippen LogP contribution >= 0.6 is 35.8 Å². The Bertz CT molecular complexity index is 330. The number of hydrogen-bond acceptors (Lipinski definition) is 2. The van der Waals surface area contributed by atoms with Crippen molar-refractivity contribution in [3.8, 4) is 6.07 Å². The zero-order chi connectivity index (χ0) is 8.43. The average Bonchev–Trinajstić information content (AvgIpc) is 2.01. The minimum atomic E-state index is 0.328. The molecule has 0 aliphatic carbocycles. The number of nitriles is 1. The lowest BCUT2D eigenvalue weighted by molar-refractivity contribution is 1.38. The summed E-state index contributed by atoms with van der Waals surface area (Å²) < 4.78 is 0. The standard InChI is InChI=1S/C7H3Cl2NS/c8-5-2-1-4(3-10)7(11)6(5)9/h1-2,11H. The number of hydrogen-bond donors (Lipinski definition) is 1. The quantitative estimate of drug-likeness (QED) is 0.644. The number of thiol groups is 1. The molecule has 0 aromatic heterocycles. The molecule has 0 radical (unpaired) electrons. The van der Waals surface area contributed by atoms with Crippen LogP contribution in [0.25, 0.3) is 0 Å². The first-order chi connectivity index (χ1) is 5.16. The molecule has 0 aliphatic heterocycles. The monoisotopic (exact) mass is 203 g/mol. The molecule has 1 aromatic carbocycles. The second-order valence-electron chi connectivity index (χ2n) is 1.87. The van der Waals surface area contributed by atoms with E-state index in [-0.39, 0.29) is 0 Å². The summed E-state index contributed by atoms with van der Waals surface area (Å²) in [6.45, 7) is 0. The van der Waals surface area contributed by atoms with Crippen LogP contribution in [-0.2, 0) is 0 Å². The Morgan fingerprint density at radius 2 is 2.00 bits per heavy atom. The maximum absolute atomic E-state index is 8.53. The van der Waals surface area contributed by atoms with Gasteiger partial charge in [0.25, 0.3) is 0 Å². The van der Waals surface area contributed by atoms with Gasteiger partial charge in [0, 0.05) is 4.90 Å². The van der Waals surface area contributed by atoms with Gasteiger partial charge in [0.2, 0.25) is 0 Å². The minimum Gasteiger partial charge on any atom is -0.192 e. The van der Waals surface area contributed by atoms with Crippen LogP contribution in [0.2, 0.25) is 10.0 Å². The predicted molar refractivity (Wildman–Crippen MR) is 48.4 cm³/mol. The van der Waals surface area contributed by atoms with Crippen LogP contribution in [0.5, 0.6) is 0 Å². The van der Waals surface area contributed by atoms with Crippen molar-refractivity contribution in [3.05, 3.63) is 27.7 Å². The highest BCUT2D eigenvalue weighted by Gasteiger charge is 2.05. The highest BCUT2D eigenvalue weighted by molar-refractivity contribution is 7.80. The van der Waals surface area contributed by atoms with Crippen LogP contribution in [0.4, 0.5) is 0 Å². The first-order valence-corrected chi connectivity index (χ1v) is 3.94. The average molecular weight is 204 g/mol. The van der Waals surface area contributed by atoms with E-state index in [9.17, 15) is 0 Å². The Balaban J connectivity index is 3.40. The fraction of sp³-hybridized carbons (Fsp3) is 0. The van der Waals surface area contributed by atoms with Crippen LogP contribution < -0.4 is 0 Å². The molecule has 1 nitrogen and oxygen atoms in total. The van der Waals surface area contributed by atoms with Gasteiger partial charge >= 0.3 is 0 Å². The van der Waals surface area contributed by atoms with Crippen molar-refractivity contribution in [2.75, 3.05) is 0 Å². The third kappa shape index (κ3) is 1.62. The van der Waals surface area contributed by atoms with Crippen molar-refractivity contribution in [3.63, 3.8) is 0 Å². The van der Waals surface area contributed by atoms with E-state index in [1.165, 1.54) is 0 Å². The largest absolute Gasteiger partial charge is 0.192 e. The lowest BCUT2D eigenvalue weighted by Crippen LogP contribution is -1.79. The molecule has 0 heterocycles. The second-order valence-corrected chi connectivity index (χ2v) is 3.10. The van der Waals surface area contributed by atoms with Gasteiger partial charge in [-0.1, -0.05) is 23.2 Å². The fourth-order valence-corrected chi connectivity index (χ4v) is 1.26. The van der Waals surface area contributed by atoms with Crippen LogP contribution in [0.1, 0.15) is 5.56 Å². The van der Waals surface area contributed by atoms with Gasteiger partial charge < -0.3 is 0 Å². The van der Waals surface area contributed by atoms with Gasteiger partial charge in [0.05, 0.1) is 15.6 Å². The lowest BCUT2D eigenvalue weighted by atomic mass is 10.2. The maximum atomic E-state index is 8.53. The molecule has 1 aromatic rings. The van der Waals surface area contributed by atoms with E-state index in [1.807, 2.05) is 6.07 Å². The van der Waals surface area contributed by atoms with Crippen LogP contribution in [0.15, 0.2) is 17.0 Å². The fourth-order valence-electron chi connectivity index (χ4n) is 0.630. The van der Waals surface area contributed by atoms with Crippen molar-refractivity contribution < 1.29 is 0 Å². The van der Waals surface area contributed by atoms with Gasteiger partial charge in [-0.3, -0.25) is 0 Å². The molecule has 0 atom stereocenters. The van der Waals surface area contributed by atoms with Crippen LogP contribution in [0, 0.1) is 11.3 Å². The van der Waals surface area contributed by atoms with Crippen LogP contribution in [-0.4, -0.2) is 0 Å². The van der Waals surface area contributed by atoms with E-state index in [2.05, 4.69) is 12.6 Å². The smallest absolute Gasteiger partial charge is 0.100 e. The van der Waals surface area contributed by atoms with Gasteiger partial charge in [0.1, 0.15) is 6.07 Å². The van der Waals surface area contributed by atoms with Crippen molar-refractivity contribution in [2.45, 2.75) is 4.90 Å². The highest BCUT2D eigenvalue weighted by Crippen LogP contribution is 2.30. The molecule has 56 valence electrons. The van der Waals surface area contributed by atoms with E-state index in [1.54, 1.807) is 12.1 Å². The Hall–Kier alpha value is -0.360. The zero-order valence-corrected chi connectivity index (χ0v) is 7.71. The van der Waals surface area contributed by atoms with Gasteiger partial charge in [-0.25, -0.2) is 0 Å². The van der Waals surface area contributed by atoms with Crippen molar-refractivity contribution in [1.29, 1.82) is 5.26 Å². The predicted octanol–water partition coefficient (Wildman–Crippen LogP) is 3.15. The molecule has 0 fully saturated rings. The summed E-state index contributed by atoms with van der Waals surface area (Å²) in [6, 6.07) is 5.10. The molecule has 0 saturated carbocycles. The Kier molecular flexibility index (Phi) is 2.67. The first kappa shape index (κ1) is 8.73. The summed E-state index contributed by atoms with van der Waals surface area (Å²) in [6.07, 6.45) is 0. The molecule has 0 bridgehead atoms. The summed E-state index contributed by atoms with van der Waals surface area (Å²) in [5, 5.41) is 9.27. The van der Waals surface area contributed by atoms with Gasteiger partial charge in [-0.05, 0) is 12.1 Å². The molecule has 11 heavy (non-hydrogen) atoms. The number of rotatable bonds is 0. The molecule has 0 unspecified atom stereocenters. The van der Waals surface area contributed by atoms with Crippen LogP contribution in [0.3, 0.4) is 0 Å². The second kappa shape index (κ2) is 3.36. The Morgan fingerprint density at radius 3 is 2.55 bits per heavy atom. The summed E-state index contributed by atoms with van der Waals surface area (Å²) in [5.74, 6) is 0. The van der Waals surface area contributed by atoms with E-state index < -0.39 is 0 Å². The molecule has 0 spiro atoms. The highest BCUT2D eigenvalue weighted by atomic mass is 35.5. The summed E-state index contributed by atoms with van der Waals surface area (Å²) >= 11 is 15.4. The van der Waals surface area contributed by atoms with Gasteiger partial charge in [-0.2, -0.15) is 5.26 Å². The molecule has 0 aliphatic rings. The molecule has 0 saturated heterocycles. The normalized spacial score (nSPS) is 9.27. The van der Waals surface area contributed by atoms with Gasteiger partial charge in [-0.15, -0.1) is 12.6 Å². The minimum absolute atomic E-state index is 0.328. The Labute approximate surface area is 80.0 Å². The van der Waals surface area contributed by atoms with Crippen molar-refractivity contribution >= 4 is 35.8 Å². The summed E-state index contributed by atoms with van der Waals surface area (Å²) in [5.41, 5.74) is 0.433. The van der Waals surface area contributed by atoms with Crippen molar-refractivity contribution in [2.24, 2.45) is 0 Å². The summed E-state index contributed by atoms with van der Waals surface area (Å²) in [4.78, 5) is 0.432. The van der Waals surface area contributed by atoms with E-state index in [0.717, 1.165) is 0 Å². The Morgan fingerprint density at radius 1 is 1.36 bits per heavy atom. The van der Waals surface area contributed by atoms with Crippen molar-refractivity contribution in [1.82, 2.24) is 0 Å². The number of halogens is 2. The summed E-state index contributed by atoms with van der Waals surface area (Å²) in [7, 11) is 0. The van der Waals surface area contributed by atoms with Gasteiger partial charge in [0.15, 0.2) is 0 Å². The van der Waals surface area contributed by atoms with E-state index in [4.69, 9.17) is 28.5 Å². The zero-order valence-electron chi connectivity index (χ0n) is 5.31. The molecule has 0 N–H and O–H groups in total. The number of nitrogens with zero attached hydrogens (tertiary/aromatic N) is 1. The molecular weight excluding hydrogens is 201 g/mol. The third-order valence-electron chi connectivity index (χ3n) is 1.19. The SMILES string of the molecule is N#Cc1ccc(Cl)c(Cl)c1S. The third-order valence-corrected chi connectivity index (χ3v) is 2.59. The molecule has 1 rings (SSSR count).